The first-order chi connectivity index (χ1) is 6.77. The highest BCUT2D eigenvalue weighted by molar-refractivity contribution is 6.28. The van der Waals surface area contributed by atoms with Gasteiger partial charge in [0.25, 0.3) is 0 Å². The van der Waals surface area contributed by atoms with Crippen LogP contribution in [0.5, 0.6) is 0 Å². The summed E-state index contributed by atoms with van der Waals surface area (Å²) in [5, 5.41) is 8.33. The highest BCUT2D eigenvalue weighted by Crippen LogP contribution is 2.22. The normalized spacial score (nSPS) is 29.4. The lowest BCUT2D eigenvalue weighted by molar-refractivity contribution is -0.0565. The smallest absolute Gasteiger partial charge is 0.175 e. The standard InChI is InChI=1S/C9H16Cl2O3/c10-5-8(11)9-13-6-7(14-9)3-1-2-4-12/h7-9,12H,1-6H2/t7-,8?,9?/m1/s1. The minimum atomic E-state index is -0.367. The van der Waals surface area contributed by atoms with E-state index in [1.807, 2.05) is 0 Å². The number of unbranched alkanes of at least 4 members (excludes halogenated alkanes) is 1. The molecule has 84 valence electrons. The lowest BCUT2D eigenvalue weighted by atomic mass is 10.2. The van der Waals surface area contributed by atoms with Crippen molar-refractivity contribution in [2.24, 2.45) is 0 Å². The van der Waals surface area contributed by atoms with Crippen LogP contribution in [0.2, 0.25) is 0 Å². The second-order valence-corrected chi connectivity index (χ2v) is 4.22. The Balaban J connectivity index is 2.14. The van der Waals surface area contributed by atoms with Gasteiger partial charge in [0.1, 0.15) is 0 Å². The molecule has 1 aliphatic heterocycles. The van der Waals surface area contributed by atoms with E-state index in [2.05, 4.69) is 0 Å². The predicted molar refractivity (Wildman–Crippen MR) is 55.9 cm³/mol. The molecule has 0 spiro atoms. The molecule has 5 heteroatoms. The molecule has 1 N–H and O–H groups in total. The zero-order chi connectivity index (χ0) is 10.4. The highest BCUT2D eigenvalue weighted by Gasteiger charge is 2.30. The van der Waals surface area contributed by atoms with Gasteiger partial charge in [0.05, 0.1) is 18.1 Å². The Morgan fingerprint density at radius 1 is 1.43 bits per heavy atom. The molecule has 0 bridgehead atoms. The number of ether oxygens (including phenoxy) is 2. The molecule has 2 unspecified atom stereocenters. The summed E-state index contributed by atoms with van der Waals surface area (Å²) in [6.07, 6.45) is 2.41. The van der Waals surface area contributed by atoms with Gasteiger partial charge in [-0.15, -0.1) is 23.2 Å². The topological polar surface area (TPSA) is 38.7 Å². The molecule has 0 aromatic carbocycles. The van der Waals surface area contributed by atoms with Gasteiger partial charge in [-0.25, -0.2) is 0 Å². The molecule has 0 aliphatic carbocycles. The molecule has 0 radical (unpaired) electrons. The molecule has 0 aromatic heterocycles. The quantitative estimate of drug-likeness (QED) is 0.570. The van der Waals surface area contributed by atoms with Crippen molar-refractivity contribution < 1.29 is 14.6 Å². The van der Waals surface area contributed by atoms with Gasteiger partial charge in [-0.2, -0.15) is 0 Å². The molecule has 1 heterocycles. The summed E-state index contributed by atoms with van der Waals surface area (Å²) in [6, 6.07) is 0. The first kappa shape index (κ1) is 12.5. The first-order valence-corrected chi connectivity index (χ1v) is 5.83. The van der Waals surface area contributed by atoms with Crippen LogP contribution in [-0.2, 0) is 9.47 Å². The maximum Gasteiger partial charge on any atom is 0.175 e. The molecule has 1 aliphatic rings. The Kier molecular flexibility index (Phi) is 6.13. The van der Waals surface area contributed by atoms with Crippen LogP contribution in [0, 0.1) is 0 Å². The van der Waals surface area contributed by atoms with Crippen molar-refractivity contribution in [3.8, 4) is 0 Å². The highest BCUT2D eigenvalue weighted by atomic mass is 35.5. The van der Waals surface area contributed by atoms with Crippen molar-refractivity contribution in [3.05, 3.63) is 0 Å². The SMILES string of the molecule is OCCCC[C@@H]1COC(C(Cl)CCl)O1. The van der Waals surface area contributed by atoms with Crippen molar-refractivity contribution in [2.75, 3.05) is 19.1 Å². The average Bonchev–Trinajstić information content (AvgIpc) is 2.66. The fraction of sp³-hybridized carbons (Fsp3) is 1.00. The number of alkyl halides is 2. The third kappa shape index (κ3) is 3.91. The molecule has 14 heavy (non-hydrogen) atoms. The largest absolute Gasteiger partial charge is 0.396 e. The molecule has 1 rings (SSSR count). The predicted octanol–water partition coefficient (Wildman–Crippen LogP) is 1.74. The van der Waals surface area contributed by atoms with Gasteiger partial charge in [0, 0.05) is 12.5 Å². The van der Waals surface area contributed by atoms with E-state index < -0.39 is 0 Å². The zero-order valence-corrected chi connectivity index (χ0v) is 9.51. The van der Waals surface area contributed by atoms with E-state index in [1.54, 1.807) is 0 Å². The molecule has 0 aromatic rings. The van der Waals surface area contributed by atoms with E-state index in [4.69, 9.17) is 37.8 Å². The van der Waals surface area contributed by atoms with Gasteiger partial charge in [0.15, 0.2) is 6.29 Å². The van der Waals surface area contributed by atoms with Crippen molar-refractivity contribution in [2.45, 2.75) is 37.0 Å². The molecule has 1 saturated heterocycles. The molecule has 0 saturated carbocycles. The van der Waals surface area contributed by atoms with Crippen molar-refractivity contribution in [3.63, 3.8) is 0 Å². The van der Waals surface area contributed by atoms with Gasteiger partial charge >= 0.3 is 0 Å². The van der Waals surface area contributed by atoms with Gasteiger partial charge < -0.3 is 14.6 Å². The molecule has 1 fully saturated rings. The summed E-state index contributed by atoms with van der Waals surface area (Å²) < 4.78 is 10.9. The molecule has 0 amide bonds. The van der Waals surface area contributed by atoms with Crippen LogP contribution < -0.4 is 0 Å². The Bertz CT molecular complexity index is 157. The number of hydrogen-bond donors (Lipinski definition) is 1. The molecular weight excluding hydrogens is 227 g/mol. The van der Waals surface area contributed by atoms with Crippen LogP contribution in [0.15, 0.2) is 0 Å². The maximum atomic E-state index is 8.61. The second kappa shape index (κ2) is 6.85. The number of hydrogen-bond acceptors (Lipinski definition) is 3. The molecule has 3 atom stereocenters. The lowest BCUT2D eigenvalue weighted by Crippen LogP contribution is -2.24. The van der Waals surface area contributed by atoms with E-state index in [-0.39, 0.29) is 24.4 Å². The summed E-state index contributed by atoms with van der Waals surface area (Å²) in [5.41, 5.74) is 0. The van der Waals surface area contributed by atoms with E-state index in [0.29, 0.717) is 12.5 Å². The van der Waals surface area contributed by atoms with E-state index in [9.17, 15) is 0 Å². The maximum absolute atomic E-state index is 8.61. The summed E-state index contributed by atoms with van der Waals surface area (Å²) in [4.78, 5) is 0. The number of rotatable bonds is 6. The summed E-state index contributed by atoms with van der Waals surface area (Å²) >= 11 is 11.5. The van der Waals surface area contributed by atoms with Gasteiger partial charge in [-0.1, -0.05) is 0 Å². The Labute approximate surface area is 94.3 Å². The summed E-state index contributed by atoms with van der Waals surface area (Å²) in [7, 11) is 0. The van der Waals surface area contributed by atoms with Crippen LogP contribution in [0.3, 0.4) is 0 Å². The minimum Gasteiger partial charge on any atom is -0.396 e. The summed E-state index contributed by atoms with van der Waals surface area (Å²) in [5.74, 6) is 0.329. The summed E-state index contributed by atoms with van der Waals surface area (Å²) in [6.45, 7) is 0.813. The number of halogens is 2. The first-order valence-electron chi connectivity index (χ1n) is 4.86. The fourth-order valence-electron chi connectivity index (χ4n) is 1.37. The zero-order valence-electron chi connectivity index (χ0n) is 7.99. The van der Waals surface area contributed by atoms with Gasteiger partial charge in [0.2, 0.25) is 0 Å². The molecular formula is C9H16Cl2O3. The minimum absolute atomic E-state index is 0.107. The third-order valence-electron chi connectivity index (χ3n) is 2.15. The number of aliphatic hydroxyl groups excluding tert-OH is 1. The van der Waals surface area contributed by atoms with E-state index in [1.165, 1.54) is 0 Å². The monoisotopic (exact) mass is 242 g/mol. The van der Waals surface area contributed by atoms with Crippen LogP contribution in [0.4, 0.5) is 0 Å². The average molecular weight is 243 g/mol. The van der Waals surface area contributed by atoms with Crippen LogP contribution >= 0.6 is 23.2 Å². The van der Waals surface area contributed by atoms with Crippen molar-refractivity contribution in [1.29, 1.82) is 0 Å². The van der Waals surface area contributed by atoms with Crippen molar-refractivity contribution in [1.82, 2.24) is 0 Å². The van der Waals surface area contributed by atoms with Gasteiger partial charge in [-0.05, 0) is 19.3 Å². The fourth-order valence-corrected chi connectivity index (χ4v) is 1.65. The molecule has 3 nitrogen and oxygen atoms in total. The van der Waals surface area contributed by atoms with E-state index in [0.717, 1.165) is 19.3 Å². The number of aliphatic hydroxyl groups is 1. The lowest BCUT2D eigenvalue weighted by Gasteiger charge is -2.14. The van der Waals surface area contributed by atoms with Gasteiger partial charge in [-0.3, -0.25) is 0 Å². The van der Waals surface area contributed by atoms with Crippen LogP contribution in [-0.4, -0.2) is 42.0 Å². The second-order valence-electron chi connectivity index (χ2n) is 3.35. The van der Waals surface area contributed by atoms with Crippen molar-refractivity contribution >= 4 is 23.2 Å². The van der Waals surface area contributed by atoms with E-state index >= 15 is 0 Å². The van der Waals surface area contributed by atoms with Crippen LogP contribution in [0.25, 0.3) is 0 Å². The Morgan fingerprint density at radius 2 is 2.21 bits per heavy atom. The Morgan fingerprint density at radius 3 is 2.86 bits per heavy atom. The third-order valence-corrected chi connectivity index (χ3v) is 3.00. The Hall–Kier alpha value is 0.460. The van der Waals surface area contributed by atoms with Crippen LogP contribution in [0.1, 0.15) is 19.3 Å².